The lowest BCUT2D eigenvalue weighted by molar-refractivity contribution is 0.362. The summed E-state index contributed by atoms with van der Waals surface area (Å²) in [7, 11) is 1.55. The fourth-order valence-electron chi connectivity index (χ4n) is 3.88. The van der Waals surface area contributed by atoms with Crippen molar-refractivity contribution >= 4 is 5.84 Å². The standard InChI is InChI=1S/C22H18F4N4O/c1-11-18(24)19(25)17(20(26)27-11)22(14-5-7-15(23)8-6-14)12(2)28-21(29-22)13-4-9-16(31)30(3)10-13/h4-10,12H,1-3H3,(H,28,29)/t12-,22-/m0/s1. The van der Waals surface area contributed by atoms with Gasteiger partial charge in [0.25, 0.3) is 0 Å². The molecule has 0 fully saturated rings. The summed E-state index contributed by atoms with van der Waals surface area (Å²) in [6.07, 6.45) is 1.52. The van der Waals surface area contributed by atoms with Gasteiger partial charge in [0.15, 0.2) is 11.6 Å². The van der Waals surface area contributed by atoms with Gasteiger partial charge >= 0.3 is 0 Å². The lowest BCUT2D eigenvalue weighted by Gasteiger charge is -2.35. The number of aryl methyl sites for hydroxylation is 2. The number of nitrogens with zero attached hydrogens (tertiary/aromatic N) is 3. The molecule has 0 spiro atoms. The molecule has 1 aliphatic heterocycles. The predicted molar refractivity (Wildman–Crippen MR) is 107 cm³/mol. The van der Waals surface area contributed by atoms with Crippen molar-refractivity contribution in [2.75, 3.05) is 0 Å². The number of hydrogen-bond acceptors (Lipinski definition) is 4. The molecule has 5 nitrogen and oxygen atoms in total. The van der Waals surface area contributed by atoms with Gasteiger partial charge in [-0.05, 0) is 37.6 Å². The SMILES string of the molecule is Cc1nc(F)c([C@]2(c3ccc(F)cc3)NC(c3ccc(=O)n(C)c3)=N[C@H]2C)c(F)c1F. The van der Waals surface area contributed by atoms with Gasteiger partial charge in [-0.25, -0.2) is 18.2 Å². The minimum atomic E-state index is -1.70. The summed E-state index contributed by atoms with van der Waals surface area (Å²) in [5.41, 5.74) is -2.27. The Labute approximate surface area is 175 Å². The first-order valence-corrected chi connectivity index (χ1v) is 9.45. The van der Waals surface area contributed by atoms with Crippen LogP contribution in [0.4, 0.5) is 17.6 Å². The molecule has 0 aliphatic carbocycles. The molecule has 3 heterocycles. The van der Waals surface area contributed by atoms with Crippen molar-refractivity contribution < 1.29 is 17.6 Å². The van der Waals surface area contributed by atoms with Crippen LogP contribution in [0.2, 0.25) is 0 Å². The van der Waals surface area contributed by atoms with E-state index in [1.165, 1.54) is 35.0 Å². The molecule has 160 valence electrons. The second kappa shape index (κ2) is 7.33. The van der Waals surface area contributed by atoms with Crippen molar-refractivity contribution in [2.24, 2.45) is 12.0 Å². The fraction of sp³-hybridized carbons (Fsp3) is 0.227. The zero-order valence-electron chi connectivity index (χ0n) is 16.9. The monoisotopic (exact) mass is 430 g/mol. The van der Waals surface area contributed by atoms with E-state index in [0.717, 1.165) is 19.1 Å². The van der Waals surface area contributed by atoms with Gasteiger partial charge in [-0.1, -0.05) is 12.1 Å². The van der Waals surface area contributed by atoms with Crippen LogP contribution in [0.15, 0.2) is 52.4 Å². The Kier molecular flexibility index (Phi) is 4.91. The van der Waals surface area contributed by atoms with Gasteiger partial charge in [-0.3, -0.25) is 9.79 Å². The van der Waals surface area contributed by atoms with E-state index >= 15 is 8.78 Å². The highest BCUT2D eigenvalue weighted by Gasteiger charge is 2.50. The highest BCUT2D eigenvalue weighted by atomic mass is 19.2. The molecule has 31 heavy (non-hydrogen) atoms. The maximum atomic E-state index is 15.1. The van der Waals surface area contributed by atoms with E-state index in [1.807, 2.05) is 0 Å². The third kappa shape index (κ3) is 3.20. The van der Waals surface area contributed by atoms with Gasteiger partial charge in [0.2, 0.25) is 11.5 Å². The highest BCUT2D eigenvalue weighted by molar-refractivity contribution is 6.01. The quantitative estimate of drug-likeness (QED) is 0.512. The normalized spacial score (nSPS) is 20.5. The minimum absolute atomic E-state index is 0.243. The van der Waals surface area contributed by atoms with E-state index in [9.17, 15) is 13.6 Å². The average molecular weight is 430 g/mol. The Bertz CT molecular complexity index is 1270. The van der Waals surface area contributed by atoms with Gasteiger partial charge in [-0.2, -0.15) is 4.39 Å². The topological polar surface area (TPSA) is 59.3 Å². The Morgan fingerprint density at radius 1 is 1.03 bits per heavy atom. The van der Waals surface area contributed by atoms with Gasteiger partial charge < -0.3 is 9.88 Å². The van der Waals surface area contributed by atoms with Gasteiger partial charge in [-0.15, -0.1) is 0 Å². The largest absolute Gasteiger partial charge is 0.354 e. The lowest BCUT2D eigenvalue weighted by atomic mass is 9.78. The molecule has 9 heteroatoms. The molecule has 0 saturated carbocycles. The Balaban J connectivity index is 1.96. The number of hydrogen-bond donors (Lipinski definition) is 1. The van der Waals surface area contributed by atoms with Crippen LogP contribution in [-0.2, 0) is 12.6 Å². The van der Waals surface area contributed by atoms with Gasteiger partial charge in [0.1, 0.15) is 17.2 Å². The van der Waals surface area contributed by atoms with Crippen LogP contribution in [0, 0.1) is 30.3 Å². The zero-order chi connectivity index (χ0) is 22.5. The zero-order valence-corrected chi connectivity index (χ0v) is 16.9. The first-order valence-electron chi connectivity index (χ1n) is 9.45. The molecule has 1 N–H and O–H groups in total. The molecule has 1 aromatic carbocycles. The maximum absolute atomic E-state index is 15.1. The lowest BCUT2D eigenvalue weighted by Crippen LogP contribution is -2.49. The van der Waals surface area contributed by atoms with Crippen molar-refractivity contribution in [1.29, 1.82) is 0 Å². The molecule has 0 bridgehead atoms. The second-order valence-electron chi connectivity index (χ2n) is 7.45. The number of pyridine rings is 2. The molecule has 0 radical (unpaired) electrons. The number of nitrogens with one attached hydrogen (secondary N) is 1. The van der Waals surface area contributed by atoms with E-state index in [0.29, 0.717) is 5.56 Å². The first-order chi connectivity index (χ1) is 14.6. The van der Waals surface area contributed by atoms with E-state index in [2.05, 4.69) is 15.3 Å². The molecule has 3 aromatic rings. The Hall–Kier alpha value is -3.49. The van der Waals surface area contributed by atoms with E-state index in [-0.39, 0.29) is 17.0 Å². The molecule has 4 rings (SSSR count). The number of aromatic nitrogens is 2. The number of aliphatic imine (C=N–C) groups is 1. The summed E-state index contributed by atoms with van der Waals surface area (Å²) < 4.78 is 59.6. The first kappa shape index (κ1) is 20.8. The van der Waals surface area contributed by atoms with Crippen LogP contribution < -0.4 is 10.9 Å². The summed E-state index contributed by atoms with van der Waals surface area (Å²) in [5.74, 6) is -4.17. The van der Waals surface area contributed by atoms with Crippen molar-refractivity contribution in [3.63, 3.8) is 0 Å². The Morgan fingerprint density at radius 2 is 1.71 bits per heavy atom. The van der Waals surface area contributed by atoms with E-state index in [1.54, 1.807) is 14.0 Å². The Morgan fingerprint density at radius 3 is 2.35 bits per heavy atom. The molecule has 2 aromatic heterocycles. The summed E-state index contributed by atoms with van der Waals surface area (Å²) in [5, 5.41) is 3.02. The number of benzene rings is 1. The third-order valence-electron chi connectivity index (χ3n) is 5.52. The summed E-state index contributed by atoms with van der Waals surface area (Å²) in [6.45, 7) is 2.76. The van der Waals surface area contributed by atoms with Gasteiger partial charge in [0.05, 0.1) is 17.3 Å². The molecular formula is C22H18F4N4O. The highest BCUT2D eigenvalue weighted by Crippen LogP contribution is 2.41. The average Bonchev–Trinajstić information content (AvgIpc) is 3.07. The van der Waals surface area contributed by atoms with Crippen LogP contribution in [0.3, 0.4) is 0 Å². The van der Waals surface area contributed by atoms with E-state index < -0.39 is 46.2 Å². The minimum Gasteiger partial charge on any atom is -0.354 e. The van der Waals surface area contributed by atoms with Crippen LogP contribution in [-0.4, -0.2) is 21.4 Å². The van der Waals surface area contributed by atoms with Crippen LogP contribution in [0.1, 0.15) is 29.3 Å². The second-order valence-corrected chi connectivity index (χ2v) is 7.45. The molecule has 0 amide bonds. The summed E-state index contributed by atoms with van der Waals surface area (Å²) in [6, 6.07) is 7.01. The molecule has 2 atom stereocenters. The van der Waals surface area contributed by atoms with Crippen LogP contribution in [0.5, 0.6) is 0 Å². The maximum Gasteiger partial charge on any atom is 0.250 e. The van der Waals surface area contributed by atoms with Crippen molar-refractivity contribution in [2.45, 2.75) is 25.4 Å². The molecule has 1 aliphatic rings. The summed E-state index contributed by atoms with van der Waals surface area (Å²) in [4.78, 5) is 19.8. The smallest absolute Gasteiger partial charge is 0.250 e. The predicted octanol–water partition coefficient (Wildman–Crippen LogP) is 3.33. The van der Waals surface area contributed by atoms with Crippen molar-refractivity contribution in [3.8, 4) is 0 Å². The number of amidine groups is 1. The number of rotatable bonds is 3. The third-order valence-corrected chi connectivity index (χ3v) is 5.52. The van der Waals surface area contributed by atoms with Crippen LogP contribution in [0.25, 0.3) is 0 Å². The fourth-order valence-corrected chi connectivity index (χ4v) is 3.88. The molecular weight excluding hydrogens is 412 g/mol. The summed E-state index contributed by atoms with van der Waals surface area (Å²) >= 11 is 0. The van der Waals surface area contributed by atoms with Gasteiger partial charge in [0, 0.05) is 24.9 Å². The van der Waals surface area contributed by atoms with Crippen molar-refractivity contribution in [1.82, 2.24) is 14.9 Å². The molecule has 0 saturated heterocycles. The van der Waals surface area contributed by atoms with E-state index in [4.69, 9.17) is 0 Å². The van der Waals surface area contributed by atoms with Crippen molar-refractivity contribution in [3.05, 3.63) is 98.7 Å². The van der Waals surface area contributed by atoms with Crippen LogP contribution >= 0.6 is 0 Å². The number of halogens is 4. The molecule has 0 unspecified atom stereocenters.